The van der Waals surface area contributed by atoms with Crippen molar-refractivity contribution in [2.24, 2.45) is 4.99 Å². The Morgan fingerprint density at radius 2 is 1.58 bits per heavy atom. The van der Waals surface area contributed by atoms with Crippen LogP contribution >= 0.6 is 0 Å². The van der Waals surface area contributed by atoms with Crippen LogP contribution in [0.3, 0.4) is 0 Å². The van der Waals surface area contributed by atoms with Crippen molar-refractivity contribution in [2.75, 3.05) is 7.11 Å². The Kier molecular flexibility index (Phi) is 6.65. The van der Waals surface area contributed by atoms with Crippen LogP contribution in [0.25, 0.3) is 0 Å². The molecule has 7 heteroatoms. The second-order valence-corrected chi connectivity index (χ2v) is 20.4. The number of carbonyl (C=O) groups excluding carboxylic acids is 1. The van der Waals surface area contributed by atoms with Gasteiger partial charge in [-0.25, -0.2) is 9.79 Å². The summed E-state index contributed by atoms with van der Waals surface area (Å²) in [5.74, 6) is -0.352. The molecule has 0 spiro atoms. The second-order valence-electron chi connectivity index (χ2n) is 10.4. The summed E-state index contributed by atoms with van der Waals surface area (Å²) in [6, 6.07) is -0.649. The first kappa shape index (κ1) is 23.4. The number of carbonyl (C=O) groups is 1. The third kappa shape index (κ3) is 4.59. The molecular formula is C19H39NO4Si2. The molecular weight excluding hydrogens is 362 g/mol. The van der Waals surface area contributed by atoms with Crippen molar-refractivity contribution in [3.8, 4) is 0 Å². The summed E-state index contributed by atoms with van der Waals surface area (Å²) >= 11 is 0. The van der Waals surface area contributed by atoms with Gasteiger partial charge in [-0.15, -0.1) is 0 Å². The maximum atomic E-state index is 12.4. The number of aliphatic imine (C=N–C) groups is 1. The Morgan fingerprint density at radius 3 is 1.96 bits per heavy atom. The standard InChI is InChI=1S/C19H39NO4Si2/c1-13(24-26(11,12)19(5,6)7)15-14(16(21)22-8)20-17(23-15)25(9,10)18(2,3)4/h13-15H,1-12H3/t13-,14-,15+/m0/s1. The maximum absolute atomic E-state index is 12.4. The number of methoxy groups -OCH3 is 1. The first-order valence-electron chi connectivity index (χ1n) is 9.46. The van der Waals surface area contributed by atoms with Gasteiger partial charge < -0.3 is 13.9 Å². The fourth-order valence-corrected chi connectivity index (χ4v) is 5.37. The first-order chi connectivity index (χ1) is 11.5. The number of hydrogen-bond acceptors (Lipinski definition) is 5. The number of rotatable bonds is 5. The highest BCUT2D eigenvalue weighted by Crippen LogP contribution is 2.41. The van der Waals surface area contributed by atoms with Gasteiger partial charge in [0.15, 0.2) is 34.1 Å². The van der Waals surface area contributed by atoms with E-state index >= 15 is 0 Å². The van der Waals surface area contributed by atoms with E-state index in [2.05, 4.69) is 67.7 Å². The molecule has 0 fully saturated rings. The molecule has 5 nitrogen and oxygen atoms in total. The molecule has 1 aliphatic heterocycles. The molecule has 0 amide bonds. The fourth-order valence-electron chi connectivity index (χ4n) is 2.42. The van der Waals surface area contributed by atoms with Crippen LogP contribution in [0.1, 0.15) is 48.5 Å². The van der Waals surface area contributed by atoms with E-state index in [9.17, 15) is 4.79 Å². The van der Waals surface area contributed by atoms with E-state index in [4.69, 9.17) is 18.9 Å². The molecule has 3 atom stereocenters. The van der Waals surface area contributed by atoms with Crippen LogP contribution in [0.2, 0.25) is 36.3 Å². The highest BCUT2D eigenvalue weighted by molar-refractivity contribution is 7.06. The maximum Gasteiger partial charge on any atom is 0.334 e. The van der Waals surface area contributed by atoms with Crippen molar-refractivity contribution < 1.29 is 18.7 Å². The summed E-state index contributed by atoms with van der Waals surface area (Å²) in [6.07, 6.45) is -0.660. The molecule has 1 aliphatic rings. The third-order valence-electron chi connectivity index (χ3n) is 6.42. The zero-order valence-corrected chi connectivity index (χ0v) is 20.8. The van der Waals surface area contributed by atoms with E-state index in [1.54, 1.807) is 0 Å². The van der Waals surface area contributed by atoms with Crippen molar-refractivity contribution in [3.05, 3.63) is 0 Å². The molecule has 152 valence electrons. The number of hydrogen-bond donors (Lipinski definition) is 0. The van der Waals surface area contributed by atoms with Crippen LogP contribution in [0.5, 0.6) is 0 Å². The summed E-state index contributed by atoms with van der Waals surface area (Å²) in [4.78, 5) is 17.1. The lowest BCUT2D eigenvalue weighted by Crippen LogP contribution is -2.51. The van der Waals surface area contributed by atoms with Gasteiger partial charge in [-0.05, 0) is 30.1 Å². The largest absolute Gasteiger partial charge is 0.477 e. The zero-order chi connectivity index (χ0) is 20.7. The summed E-state index contributed by atoms with van der Waals surface area (Å²) < 4.78 is 17.8. The van der Waals surface area contributed by atoms with Crippen LogP contribution in [0.4, 0.5) is 0 Å². The molecule has 1 heterocycles. The minimum absolute atomic E-state index is 0.0743. The van der Waals surface area contributed by atoms with Gasteiger partial charge in [0.25, 0.3) is 0 Å². The third-order valence-corrected chi connectivity index (χ3v) is 16.1. The molecule has 26 heavy (non-hydrogen) atoms. The summed E-state index contributed by atoms with van der Waals surface area (Å²) in [7, 11) is -2.56. The Balaban J connectivity index is 3.15. The highest BCUT2D eigenvalue weighted by atomic mass is 28.4. The van der Waals surface area contributed by atoms with E-state index in [0.717, 1.165) is 5.52 Å². The average molecular weight is 402 g/mol. The van der Waals surface area contributed by atoms with E-state index in [1.165, 1.54) is 7.11 Å². The summed E-state index contributed by atoms with van der Waals surface area (Å²) in [6.45, 7) is 24.1. The smallest absolute Gasteiger partial charge is 0.334 e. The average Bonchev–Trinajstić information content (AvgIpc) is 2.89. The Hall–Kier alpha value is -0.666. The molecule has 0 radical (unpaired) electrons. The second kappa shape index (κ2) is 7.39. The Labute approximate surface area is 162 Å². The molecule has 0 aromatic rings. The van der Waals surface area contributed by atoms with Gasteiger partial charge in [0.05, 0.1) is 13.2 Å². The monoisotopic (exact) mass is 401 g/mol. The predicted octanol–water partition coefficient (Wildman–Crippen LogP) is 4.78. The normalized spacial score (nSPS) is 23.3. The van der Waals surface area contributed by atoms with Crippen molar-refractivity contribution in [1.29, 1.82) is 0 Å². The quantitative estimate of drug-likeness (QED) is 0.491. The summed E-state index contributed by atoms with van der Waals surface area (Å²) in [5, 5.41) is 0.161. The molecule has 1 rings (SSSR count). The molecule has 0 bridgehead atoms. The first-order valence-corrected chi connectivity index (χ1v) is 15.4. The van der Waals surface area contributed by atoms with E-state index < -0.39 is 28.5 Å². The van der Waals surface area contributed by atoms with E-state index in [-0.39, 0.29) is 22.1 Å². The lowest BCUT2D eigenvalue weighted by molar-refractivity contribution is -0.145. The lowest BCUT2D eigenvalue weighted by atomic mass is 10.1. The van der Waals surface area contributed by atoms with Crippen molar-refractivity contribution in [1.82, 2.24) is 0 Å². The van der Waals surface area contributed by atoms with Crippen LogP contribution in [0.15, 0.2) is 4.99 Å². The Morgan fingerprint density at radius 1 is 1.08 bits per heavy atom. The predicted molar refractivity (Wildman–Crippen MR) is 113 cm³/mol. The van der Waals surface area contributed by atoms with Crippen LogP contribution < -0.4 is 0 Å². The van der Waals surface area contributed by atoms with Crippen molar-refractivity contribution in [3.63, 3.8) is 0 Å². The van der Waals surface area contributed by atoms with E-state index in [0.29, 0.717) is 0 Å². The van der Waals surface area contributed by atoms with Crippen molar-refractivity contribution >= 4 is 27.9 Å². The summed E-state index contributed by atoms with van der Waals surface area (Å²) in [5.41, 5.74) is 0.746. The molecule has 0 saturated carbocycles. The van der Waals surface area contributed by atoms with Gasteiger partial charge >= 0.3 is 5.97 Å². The van der Waals surface area contributed by atoms with Crippen LogP contribution in [0, 0.1) is 0 Å². The van der Waals surface area contributed by atoms with Crippen LogP contribution in [-0.4, -0.2) is 53.2 Å². The number of nitrogens with zero attached hydrogens (tertiary/aromatic N) is 1. The minimum atomic E-state index is -1.99. The van der Waals surface area contributed by atoms with Gasteiger partial charge in [-0.3, -0.25) is 0 Å². The highest BCUT2D eigenvalue weighted by Gasteiger charge is 2.51. The molecule has 0 N–H and O–H groups in total. The topological polar surface area (TPSA) is 57.1 Å². The van der Waals surface area contributed by atoms with Gasteiger partial charge in [0.1, 0.15) is 0 Å². The van der Waals surface area contributed by atoms with Gasteiger partial charge in [-0.1, -0.05) is 54.6 Å². The van der Waals surface area contributed by atoms with Gasteiger partial charge in [0.2, 0.25) is 0 Å². The number of esters is 1. The van der Waals surface area contributed by atoms with Crippen molar-refractivity contribution in [2.45, 2.75) is 103 Å². The number of ether oxygens (including phenoxy) is 2. The zero-order valence-electron chi connectivity index (χ0n) is 18.8. The lowest BCUT2D eigenvalue weighted by Gasteiger charge is -2.40. The fraction of sp³-hybridized carbons (Fsp3) is 0.895. The Bertz CT molecular complexity index is 559. The van der Waals surface area contributed by atoms with Crippen LogP contribution in [-0.2, 0) is 18.7 Å². The molecule has 0 aliphatic carbocycles. The van der Waals surface area contributed by atoms with E-state index in [1.807, 2.05) is 6.92 Å². The molecule has 0 aromatic heterocycles. The minimum Gasteiger partial charge on any atom is -0.477 e. The molecule has 0 saturated heterocycles. The SMILES string of the molecule is COC(=O)[C@H]1N=C([Si](C)(C)C(C)(C)C)O[C@@H]1[C@H](C)O[Si](C)(C)C(C)(C)C. The molecule has 0 aromatic carbocycles. The molecule has 0 unspecified atom stereocenters. The van der Waals surface area contributed by atoms with Gasteiger partial charge in [0, 0.05) is 0 Å². The van der Waals surface area contributed by atoms with Gasteiger partial charge in [-0.2, -0.15) is 0 Å².